The number of rotatable bonds is 1. The van der Waals surface area contributed by atoms with E-state index in [0.717, 1.165) is 19.0 Å². The van der Waals surface area contributed by atoms with Crippen LogP contribution in [-0.2, 0) is 4.74 Å². The molecule has 1 spiro atoms. The van der Waals surface area contributed by atoms with Crippen LogP contribution >= 0.6 is 0 Å². The van der Waals surface area contributed by atoms with Gasteiger partial charge in [0.1, 0.15) is 5.60 Å². The van der Waals surface area contributed by atoms with Gasteiger partial charge in [0.15, 0.2) is 11.1 Å². The summed E-state index contributed by atoms with van der Waals surface area (Å²) in [4.78, 5) is 2.78. The van der Waals surface area contributed by atoms with Gasteiger partial charge in [0, 0.05) is 0 Å². The van der Waals surface area contributed by atoms with E-state index in [1.54, 1.807) is 0 Å². The summed E-state index contributed by atoms with van der Waals surface area (Å²) < 4.78 is 5.47. The average Bonchev–Trinajstić information content (AvgIpc) is 2.81. The Morgan fingerprint density at radius 3 is 2.77 bits per heavy atom. The molecular formula is C9H13N2O2+. The lowest BCUT2D eigenvalue weighted by Crippen LogP contribution is -2.19. The number of epoxide rings is 1. The zero-order valence-corrected chi connectivity index (χ0v) is 7.44. The zero-order valence-electron chi connectivity index (χ0n) is 7.44. The van der Waals surface area contributed by atoms with Crippen LogP contribution in [0.5, 0.6) is 0 Å². The van der Waals surface area contributed by atoms with Gasteiger partial charge in [-0.25, -0.2) is 0 Å². The first-order chi connectivity index (χ1) is 6.28. The first kappa shape index (κ1) is 8.52. The highest BCUT2D eigenvalue weighted by atomic mass is 16.6. The van der Waals surface area contributed by atoms with Crippen LogP contribution in [0.2, 0.25) is 0 Å². The molecule has 1 unspecified atom stereocenters. The van der Waals surface area contributed by atoms with E-state index in [-0.39, 0.29) is 17.5 Å². The smallest absolute Gasteiger partial charge is 0.390 e. The van der Waals surface area contributed by atoms with Crippen molar-refractivity contribution in [1.29, 1.82) is 5.39 Å². The quantitative estimate of drug-likeness (QED) is 0.383. The molecule has 2 rings (SSSR count). The minimum absolute atomic E-state index is 0.0457. The van der Waals surface area contributed by atoms with E-state index in [4.69, 9.17) is 10.1 Å². The molecule has 1 atom stereocenters. The predicted molar refractivity (Wildman–Crippen MR) is 46.5 cm³/mol. The lowest BCUT2D eigenvalue weighted by Gasteiger charge is -2.17. The fourth-order valence-corrected chi connectivity index (χ4v) is 2.19. The van der Waals surface area contributed by atoms with Crippen molar-refractivity contribution in [1.82, 2.24) is 0 Å². The van der Waals surface area contributed by atoms with E-state index in [1.807, 2.05) is 0 Å². The Balaban J connectivity index is 2.00. The summed E-state index contributed by atoms with van der Waals surface area (Å²) in [5.74, 6) is 0.0457. The maximum Gasteiger partial charge on any atom is 0.390 e. The molecule has 4 nitrogen and oxygen atoms in total. The summed E-state index contributed by atoms with van der Waals surface area (Å²) in [5.41, 5.74) is -0.122. The minimum Gasteiger partial charge on any atom is -0.503 e. The molecule has 0 bridgehead atoms. The molecule has 2 aliphatic rings. The summed E-state index contributed by atoms with van der Waals surface area (Å²) in [6.45, 7) is 0. The van der Waals surface area contributed by atoms with Crippen molar-refractivity contribution < 1.29 is 9.84 Å². The van der Waals surface area contributed by atoms with Gasteiger partial charge < -0.3 is 9.84 Å². The lowest BCUT2D eigenvalue weighted by atomic mass is 9.86. The Hall–Kier alpha value is -1.08. The molecule has 0 aromatic heterocycles. The van der Waals surface area contributed by atoms with Crippen molar-refractivity contribution in [3.05, 3.63) is 16.9 Å². The van der Waals surface area contributed by atoms with E-state index >= 15 is 0 Å². The summed E-state index contributed by atoms with van der Waals surface area (Å²) in [7, 11) is 0. The number of diazo groups is 1. The van der Waals surface area contributed by atoms with Gasteiger partial charge >= 0.3 is 6.20 Å². The summed E-state index contributed by atoms with van der Waals surface area (Å²) >= 11 is 0. The van der Waals surface area contributed by atoms with Gasteiger partial charge in [0.05, 0.1) is 0 Å². The number of nitrogens with zero attached hydrogens (tertiary/aromatic N) is 2. The number of ether oxygens (including phenoxy) is 1. The van der Waals surface area contributed by atoms with Crippen molar-refractivity contribution in [3.63, 3.8) is 0 Å². The highest BCUT2D eigenvalue weighted by Gasteiger charge is 2.59. The molecule has 2 fully saturated rings. The average molecular weight is 181 g/mol. The molecule has 0 aromatic carbocycles. The van der Waals surface area contributed by atoms with Crippen LogP contribution in [0.1, 0.15) is 32.1 Å². The summed E-state index contributed by atoms with van der Waals surface area (Å²) in [5, 5.41) is 17.6. The third kappa shape index (κ3) is 1.40. The van der Waals surface area contributed by atoms with Crippen LogP contribution in [0, 0.1) is 5.39 Å². The van der Waals surface area contributed by atoms with Crippen molar-refractivity contribution in [2.24, 2.45) is 0 Å². The molecule has 0 radical (unpaired) electrons. The largest absolute Gasteiger partial charge is 0.503 e. The Kier molecular flexibility index (Phi) is 1.97. The Morgan fingerprint density at radius 2 is 2.15 bits per heavy atom. The van der Waals surface area contributed by atoms with E-state index in [2.05, 4.69) is 4.98 Å². The zero-order chi connectivity index (χ0) is 9.31. The van der Waals surface area contributed by atoms with Gasteiger partial charge in [-0.1, -0.05) is 19.3 Å². The van der Waals surface area contributed by atoms with Crippen LogP contribution in [0.15, 0.2) is 12.0 Å². The first-order valence-corrected chi connectivity index (χ1v) is 4.69. The van der Waals surface area contributed by atoms with Gasteiger partial charge in [-0.3, -0.25) is 0 Å². The third-order valence-electron chi connectivity index (χ3n) is 2.93. The molecule has 1 heterocycles. The number of aliphatic hydroxyl groups excluding tert-OH is 1. The van der Waals surface area contributed by atoms with Crippen molar-refractivity contribution in [2.45, 2.75) is 43.8 Å². The van der Waals surface area contributed by atoms with Gasteiger partial charge in [0.25, 0.3) is 0 Å². The molecule has 1 saturated carbocycles. The molecule has 1 saturated heterocycles. The van der Waals surface area contributed by atoms with Gasteiger partial charge in [0.2, 0.25) is 11.2 Å². The molecule has 0 amide bonds. The second-order valence-electron chi connectivity index (χ2n) is 3.79. The Morgan fingerprint density at radius 1 is 1.46 bits per heavy atom. The van der Waals surface area contributed by atoms with Crippen LogP contribution in [0.25, 0.3) is 4.98 Å². The monoisotopic (exact) mass is 181 g/mol. The first-order valence-electron chi connectivity index (χ1n) is 4.69. The fourth-order valence-electron chi connectivity index (χ4n) is 2.19. The lowest BCUT2D eigenvalue weighted by molar-refractivity contribution is 0.231. The van der Waals surface area contributed by atoms with Crippen molar-refractivity contribution in [3.8, 4) is 0 Å². The molecular weight excluding hydrogens is 168 g/mol. The highest BCUT2D eigenvalue weighted by Crippen LogP contribution is 2.50. The highest BCUT2D eigenvalue weighted by molar-refractivity contribution is 5.19. The number of hydrogen-bond donors (Lipinski definition) is 1. The van der Waals surface area contributed by atoms with Gasteiger partial charge in [-0.2, -0.15) is 0 Å². The number of hydrogen-bond acceptors (Lipinski definition) is 3. The molecule has 1 aliphatic heterocycles. The molecule has 13 heavy (non-hydrogen) atoms. The van der Waals surface area contributed by atoms with E-state index in [0.29, 0.717) is 0 Å². The topological polar surface area (TPSA) is 60.9 Å². The van der Waals surface area contributed by atoms with Crippen molar-refractivity contribution >= 4 is 0 Å². The molecule has 1 N–H and O–H groups in total. The molecule has 4 heteroatoms. The second-order valence-corrected chi connectivity index (χ2v) is 3.79. The Labute approximate surface area is 76.8 Å². The number of aliphatic hydroxyl groups is 1. The SMILES string of the molecule is N#[N+]/C=C(\O)C1OC12CCCCC2. The standard InChI is InChI=1S/C9H12N2O2/c10-11-6-7(12)8-9(13-8)4-2-1-3-5-9/h6,8H,1-5H2/p+1/b7-6-. The van der Waals surface area contributed by atoms with E-state index in [9.17, 15) is 5.11 Å². The van der Waals surface area contributed by atoms with Crippen LogP contribution in [-0.4, -0.2) is 16.8 Å². The summed E-state index contributed by atoms with van der Waals surface area (Å²) in [6.07, 6.45) is 6.45. The molecule has 70 valence electrons. The maximum atomic E-state index is 9.39. The van der Waals surface area contributed by atoms with Crippen molar-refractivity contribution in [2.75, 3.05) is 0 Å². The normalized spacial score (nSPS) is 31.3. The van der Waals surface area contributed by atoms with Crippen LogP contribution in [0.4, 0.5) is 0 Å². The van der Waals surface area contributed by atoms with Crippen LogP contribution in [0.3, 0.4) is 0 Å². The molecule has 0 aromatic rings. The third-order valence-corrected chi connectivity index (χ3v) is 2.93. The van der Waals surface area contributed by atoms with E-state index < -0.39 is 0 Å². The second kappa shape index (κ2) is 3.00. The maximum absolute atomic E-state index is 9.39. The predicted octanol–water partition coefficient (Wildman–Crippen LogP) is 2.34. The molecule has 1 aliphatic carbocycles. The fraction of sp³-hybridized carbons (Fsp3) is 0.778. The minimum atomic E-state index is -0.219. The van der Waals surface area contributed by atoms with Crippen LogP contribution < -0.4 is 0 Å². The Bertz CT molecular complexity index is 274. The van der Waals surface area contributed by atoms with Gasteiger partial charge in [-0.15, -0.1) is 0 Å². The summed E-state index contributed by atoms with van der Waals surface area (Å²) in [6, 6.07) is 0. The van der Waals surface area contributed by atoms with E-state index in [1.165, 1.54) is 19.3 Å². The van der Waals surface area contributed by atoms with Gasteiger partial charge in [-0.05, 0) is 12.8 Å².